The third kappa shape index (κ3) is 7.01. The molecule has 1 saturated carbocycles. The quantitative estimate of drug-likeness (QED) is 0.302. The monoisotopic (exact) mass is 668 g/mol. The summed E-state index contributed by atoms with van der Waals surface area (Å²) in [4.78, 5) is 46.7. The van der Waals surface area contributed by atoms with Crippen LogP contribution < -0.4 is 4.74 Å². The van der Waals surface area contributed by atoms with Gasteiger partial charge in [-0.15, -0.1) is 0 Å². The fourth-order valence-electron chi connectivity index (χ4n) is 7.68. The van der Waals surface area contributed by atoms with E-state index >= 15 is 0 Å². The van der Waals surface area contributed by atoms with Gasteiger partial charge in [-0.3, -0.25) is 19.4 Å². The van der Waals surface area contributed by atoms with E-state index in [1.54, 1.807) is 11.0 Å². The first-order valence-corrected chi connectivity index (χ1v) is 16.9. The van der Waals surface area contributed by atoms with Crippen LogP contribution in [0, 0.1) is 22.7 Å². The van der Waals surface area contributed by atoms with Gasteiger partial charge in [-0.05, 0) is 63.5 Å². The lowest BCUT2D eigenvalue weighted by Gasteiger charge is -2.42. The molecule has 0 radical (unpaired) electrons. The number of likely N-dealkylation sites (tertiary alicyclic amines) is 2. The number of carboxylic acids is 1. The lowest BCUT2D eigenvalue weighted by atomic mass is 9.67. The highest BCUT2D eigenvalue weighted by molar-refractivity contribution is 5.96. The second-order valence-corrected chi connectivity index (χ2v) is 13.4. The summed E-state index contributed by atoms with van der Waals surface area (Å²) in [7, 11) is 0. The van der Waals surface area contributed by atoms with Crippen LogP contribution in [-0.2, 0) is 21.2 Å². The van der Waals surface area contributed by atoms with Gasteiger partial charge in [0.15, 0.2) is 0 Å². The molecule has 258 valence electrons. The molecular formula is C36H43F3N4O5. The maximum absolute atomic E-state index is 14.2. The van der Waals surface area contributed by atoms with Crippen LogP contribution in [0.2, 0.25) is 0 Å². The number of para-hydroxylation sites is 1. The summed E-state index contributed by atoms with van der Waals surface area (Å²) in [5.41, 5.74) is -2.51. The van der Waals surface area contributed by atoms with Crippen molar-refractivity contribution in [1.29, 1.82) is 5.26 Å². The number of amides is 2. The van der Waals surface area contributed by atoms with Crippen molar-refractivity contribution in [2.75, 3.05) is 26.2 Å². The summed E-state index contributed by atoms with van der Waals surface area (Å²) < 4.78 is 47.6. The van der Waals surface area contributed by atoms with Crippen molar-refractivity contribution in [3.05, 3.63) is 59.4 Å². The summed E-state index contributed by atoms with van der Waals surface area (Å²) in [5, 5.41) is 20.2. The lowest BCUT2D eigenvalue weighted by Crippen LogP contribution is -2.52. The topological polar surface area (TPSA) is 124 Å². The maximum Gasteiger partial charge on any atom is 0.417 e. The zero-order chi connectivity index (χ0) is 34.5. The highest BCUT2D eigenvalue weighted by atomic mass is 19.4. The van der Waals surface area contributed by atoms with Crippen molar-refractivity contribution in [2.24, 2.45) is 11.3 Å². The third-order valence-electron chi connectivity index (χ3n) is 10.7. The number of pyridine rings is 1. The first-order chi connectivity index (χ1) is 23.0. The number of carboxylic acid groups (broad SMARTS) is 1. The molecule has 0 bridgehead atoms. The van der Waals surface area contributed by atoms with Crippen LogP contribution in [0.3, 0.4) is 0 Å². The summed E-state index contributed by atoms with van der Waals surface area (Å²) in [5.74, 6) is -1.76. The largest absolute Gasteiger partial charge is 0.493 e. The number of carbonyl (C=O) groups excluding carboxylic acids is 2. The first-order valence-electron chi connectivity index (χ1n) is 16.9. The number of nitriles is 1. The van der Waals surface area contributed by atoms with Gasteiger partial charge in [0.2, 0.25) is 5.91 Å². The number of carbonyl (C=O) groups is 3. The van der Waals surface area contributed by atoms with E-state index in [0.29, 0.717) is 88.6 Å². The number of piperidine rings is 1. The number of alkyl halides is 3. The van der Waals surface area contributed by atoms with Crippen molar-refractivity contribution in [3.63, 3.8) is 0 Å². The molecule has 1 aromatic carbocycles. The van der Waals surface area contributed by atoms with Crippen LogP contribution in [0.5, 0.6) is 5.75 Å². The normalized spacial score (nSPS) is 22.1. The Hall–Kier alpha value is -4.14. The molecule has 3 fully saturated rings. The molecule has 1 aromatic heterocycles. The number of ether oxygens (including phenoxy) is 1. The van der Waals surface area contributed by atoms with Crippen LogP contribution in [0.25, 0.3) is 0 Å². The van der Waals surface area contributed by atoms with Crippen LogP contribution in [-0.4, -0.2) is 70.0 Å². The van der Waals surface area contributed by atoms with E-state index in [1.165, 1.54) is 4.90 Å². The van der Waals surface area contributed by atoms with Crippen LogP contribution in [0.4, 0.5) is 13.2 Å². The standard InChI is InChI=1S/C36H43F3N4O5/c1-2-8-29-25(9-5-6-19-43(29)32(45)26-23-41-18-12-27(26)36(37,38)39)31(44)42-20-15-35(24-40,16-21-42)28-10-3-4-11-30(28)48-22-17-34(33(46)47)13-7-14-34/h3-4,10-12,18,23,25,29H,2,5-9,13-17,19-22H2,1H3,(H,46,47). The van der Waals surface area contributed by atoms with Gasteiger partial charge < -0.3 is 19.6 Å². The molecule has 2 aromatic rings. The molecule has 3 aliphatic rings. The molecule has 5 rings (SSSR count). The van der Waals surface area contributed by atoms with Crippen molar-refractivity contribution in [1.82, 2.24) is 14.8 Å². The Bertz CT molecular complexity index is 1530. The smallest absolute Gasteiger partial charge is 0.417 e. The van der Waals surface area contributed by atoms with Gasteiger partial charge in [-0.25, -0.2) is 0 Å². The number of benzene rings is 1. The van der Waals surface area contributed by atoms with Gasteiger partial charge >= 0.3 is 12.1 Å². The average molecular weight is 669 g/mol. The van der Waals surface area contributed by atoms with Crippen LogP contribution in [0.15, 0.2) is 42.7 Å². The number of aliphatic carboxylic acids is 1. The minimum Gasteiger partial charge on any atom is -0.493 e. The summed E-state index contributed by atoms with van der Waals surface area (Å²) >= 11 is 0. The molecule has 2 amide bonds. The number of nitrogens with zero attached hydrogens (tertiary/aromatic N) is 4. The number of hydrogen-bond acceptors (Lipinski definition) is 6. The Morgan fingerprint density at radius 3 is 2.42 bits per heavy atom. The summed E-state index contributed by atoms with van der Waals surface area (Å²) in [6.45, 7) is 2.99. The van der Waals surface area contributed by atoms with Crippen molar-refractivity contribution < 1.29 is 37.4 Å². The minimum atomic E-state index is -4.73. The van der Waals surface area contributed by atoms with Crippen molar-refractivity contribution in [2.45, 2.75) is 95.2 Å². The van der Waals surface area contributed by atoms with Crippen molar-refractivity contribution in [3.8, 4) is 11.8 Å². The molecule has 2 aliphatic heterocycles. The fourth-order valence-corrected chi connectivity index (χ4v) is 7.68. The van der Waals surface area contributed by atoms with Gasteiger partial charge in [-0.2, -0.15) is 18.4 Å². The molecule has 2 saturated heterocycles. The van der Waals surface area contributed by atoms with E-state index in [0.717, 1.165) is 24.9 Å². The van der Waals surface area contributed by atoms with Gasteiger partial charge in [-0.1, -0.05) is 44.4 Å². The second-order valence-electron chi connectivity index (χ2n) is 13.4. The Morgan fingerprint density at radius 2 is 1.79 bits per heavy atom. The van der Waals surface area contributed by atoms with Gasteiger partial charge in [0.1, 0.15) is 5.75 Å². The predicted octanol–water partition coefficient (Wildman–Crippen LogP) is 6.62. The average Bonchev–Trinajstić information content (AvgIpc) is 3.27. The number of aromatic nitrogens is 1. The molecule has 12 heteroatoms. The zero-order valence-electron chi connectivity index (χ0n) is 27.3. The molecule has 3 heterocycles. The molecular weight excluding hydrogens is 625 g/mol. The maximum atomic E-state index is 14.2. The van der Waals surface area contributed by atoms with Gasteiger partial charge in [0.25, 0.3) is 5.91 Å². The molecule has 2 atom stereocenters. The SMILES string of the molecule is CCCC1C(C(=O)N2CCC(C#N)(c3ccccc3OCCC3(C(=O)O)CCC3)CC2)CCCCN1C(=O)c1cnccc1C(F)(F)F. The third-order valence-corrected chi connectivity index (χ3v) is 10.7. The predicted molar refractivity (Wildman–Crippen MR) is 170 cm³/mol. The molecule has 2 unspecified atom stereocenters. The van der Waals surface area contributed by atoms with Gasteiger partial charge in [0.05, 0.1) is 40.6 Å². The van der Waals surface area contributed by atoms with E-state index in [2.05, 4.69) is 11.1 Å². The van der Waals surface area contributed by atoms with Gasteiger partial charge in [0, 0.05) is 43.6 Å². The van der Waals surface area contributed by atoms with E-state index in [1.807, 2.05) is 25.1 Å². The van der Waals surface area contributed by atoms with Crippen molar-refractivity contribution >= 4 is 17.8 Å². The Balaban J connectivity index is 1.31. The number of rotatable bonds is 10. The minimum absolute atomic E-state index is 0.147. The van der Waals surface area contributed by atoms with Crippen LogP contribution in [0.1, 0.15) is 99.0 Å². The molecule has 0 spiro atoms. The molecule has 48 heavy (non-hydrogen) atoms. The summed E-state index contributed by atoms with van der Waals surface area (Å²) in [6, 6.07) is 10.0. The van der Waals surface area contributed by atoms with E-state index < -0.39 is 52.0 Å². The molecule has 1 N–H and O–H groups in total. The zero-order valence-corrected chi connectivity index (χ0v) is 27.3. The molecule has 9 nitrogen and oxygen atoms in total. The number of hydrogen-bond donors (Lipinski definition) is 1. The van der Waals surface area contributed by atoms with E-state index in [9.17, 15) is 37.9 Å². The van der Waals surface area contributed by atoms with E-state index in [-0.39, 0.29) is 19.1 Å². The highest BCUT2D eigenvalue weighted by Gasteiger charge is 2.46. The number of halogens is 3. The molecule has 1 aliphatic carbocycles. The Kier molecular flexibility index (Phi) is 10.7. The van der Waals surface area contributed by atoms with Crippen LogP contribution >= 0.6 is 0 Å². The first kappa shape index (κ1) is 35.2. The second kappa shape index (κ2) is 14.5. The Labute approximate surface area is 279 Å². The van der Waals surface area contributed by atoms with E-state index in [4.69, 9.17) is 4.74 Å². The Morgan fingerprint density at radius 1 is 1.06 bits per heavy atom. The summed E-state index contributed by atoms with van der Waals surface area (Å²) in [6.07, 6.45) is 3.33. The lowest BCUT2D eigenvalue weighted by molar-refractivity contribution is -0.155. The fraction of sp³-hybridized carbons (Fsp3) is 0.583. The highest BCUT2D eigenvalue weighted by Crippen LogP contribution is 2.45.